The monoisotopic (exact) mass is 448 g/mol. The number of rotatable bonds is 7. The van der Waals surface area contributed by atoms with Crippen molar-refractivity contribution >= 4 is 40.7 Å². The van der Waals surface area contributed by atoms with Crippen LogP contribution in [-0.2, 0) is 14.3 Å². The van der Waals surface area contributed by atoms with Crippen molar-refractivity contribution in [2.45, 2.75) is 12.3 Å². The van der Waals surface area contributed by atoms with E-state index in [0.717, 1.165) is 4.90 Å². The van der Waals surface area contributed by atoms with Crippen molar-refractivity contribution in [2.75, 3.05) is 25.5 Å². The van der Waals surface area contributed by atoms with Crippen molar-refractivity contribution in [3.63, 3.8) is 0 Å². The van der Waals surface area contributed by atoms with E-state index in [2.05, 4.69) is 5.32 Å². The first-order chi connectivity index (χ1) is 13.6. The van der Waals surface area contributed by atoms with Gasteiger partial charge in [0.25, 0.3) is 5.91 Å². The Balaban J connectivity index is 2.06. The van der Waals surface area contributed by atoms with Crippen LogP contribution in [0.1, 0.15) is 11.7 Å². The Morgan fingerprint density at radius 1 is 1.10 bits per heavy atom. The van der Waals surface area contributed by atoms with Crippen molar-refractivity contribution in [1.29, 1.82) is 0 Å². The summed E-state index contributed by atoms with van der Waals surface area (Å²) < 4.78 is 42.6. The molecule has 1 N–H and O–H groups in total. The van der Waals surface area contributed by atoms with Gasteiger partial charge < -0.3 is 15.0 Å². The van der Waals surface area contributed by atoms with E-state index in [4.69, 9.17) is 27.9 Å². The topological polar surface area (TPSA) is 58.6 Å². The standard InChI is InChI=1S/C19H17Cl2F3N2O3/c1-26(10-16(27)25-13-7-8-14(20)15(21)9-13)18(28)17(29-11-19(22,23)24)12-5-3-2-4-6-12/h2-9,17H,10-11H2,1H3,(H,25,27)/t17-/m1/s1. The number of hydrogen-bond acceptors (Lipinski definition) is 3. The van der Waals surface area contributed by atoms with Crippen LogP contribution in [0.15, 0.2) is 48.5 Å². The van der Waals surface area contributed by atoms with E-state index >= 15 is 0 Å². The lowest BCUT2D eigenvalue weighted by atomic mass is 10.1. The van der Waals surface area contributed by atoms with Gasteiger partial charge in [-0.1, -0.05) is 53.5 Å². The zero-order valence-electron chi connectivity index (χ0n) is 15.2. The number of nitrogens with one attached hydrogen (secondary N) is 1. The predicted molar refractivity (Wildman–Crippen MR) is 104 cm³/mol. The number of benzene rings is 2. The third-order valence-electron chi connectivity index (χ3n) is 3.70. The highest BCUT2D eigenvalue weighted by atomic mass is 35.5. The van der Waals surface area contributed by atoms with Crippen LogP contribution in [-0.4, -0.2) is 43.1 Å². The van der Waals surface area contributed by atoms with E-state index in [9.17, 15) is 22.8 Å². The van der Waals surface area contributed by atoms with Crippen molar-refractivity contribution in [3.8, 4) is 0 Å². The zero-order valence-corrected chi connectivity index (χ0v) is 16.7. The van der Waals surface area contributed by atoms with Gasteiger partial charge in [0.1, 0.15) is 6.61 Å². The molecule has 0 aliphatic heterocycles. The van der Waals surface area contributed by atoms with Gasteiger partial charge >= 0.3 is 6.18 Å². The maximum Gasteiger partial charge on any atom is 0.411 e. The van der Waals surface area contributed by atoms with E-state index in [1.807, 2.05) is 0 Å². The SMILES string of the molecule is CN(CC(=O)Nc1ccc(Cl)c(Cl)c1)C(=O)[C@H](OCC(F)(F)F)c1ccccc1. The van der Waals surface area contributed by atoms with Gasteiger partial charge in [0.2, 0.25) is 5.91 Å². The smallest absolute Gasteiger partial charge is 0.354 e. The minimum absolute atomic E-state index is 0.235. The van der Waals surface area contributed by atoms with Gasteiger partial charge in [-0.15, -0.1) is 0 Å². The van der Waals surface area contributed by atoms with Gasteiger partial charge in [0, 0.05) is 12.7 Å². The number of alkyl halides is 3. The molecule has 5 nitrogen and oxygen atoms in total. The lowest BCUT2D eigenvalue weighted by molar-refractivity contribution is -0.191. The Bertz CT molecular complexity index is 864. The average molecular weight is 449 g/mol. The summed E-state index contributed by atoms with van der Waals surface area (Å²) in [7, 11) is 1.30. The minimum atomic E-state index is -4.60. The number of halogens is 5. The Kier molecular flexibility index (Phi) is 7.89. The van der Waals surface area contributed by atoms with Crippen molar-refractivity contribution in [3.05, 3.63) is 64.1 Å². The largest absolute Gasteiger partial charge is 0.411 e. The van der Waals surface area contributed by atoms with Gasteiger partial charge in [-0.05, 0) is 23.8 Å². The molecule has 156 valence electrons. The Morgan fingerprint density at radius 2 is 1.76 bits per heavy atom. The maximum absolute atomic E-state index is 12.7. The highest BCUT2D eigenvalue weighted by molar-refractivity contribution is 6.42. The molecule has 0 radical (unpaired) electrons. The second-order valence-corrected chi connectivity index (χ2v) is 6.90. The fourth-order valence-corrected chi connectivity index (χ4v) is 2.68. The maximum atomic E-state index is 12.7. The fourth-order valence-electron chi connectivity index (χ4n) is 2.38. The number of hydrogen-bond donors (Lipinski definition) is 1. The lowest BCUT2D eigenvalue weighted by Gasteiger charge is -2.24. The molecule has 1 atom stereocenters. The summed E-state index contributed by atoms with van der Waals surface area (Å²) in [4.78, 5) is 25.8. The summed E-state index contributed by atoms with van der Waals surface area (Å²) in [5, 5.41) is 3.08. The average Bonchev–Trinajstić information content (AvgIpc) is 2.64. The van der Waals surface area contributed by atoms with Crippen LogP contribution >= 0.6 is 23.2 Å². The van der Waals surface area contributed by atoms with Crippen LogP contribution in [0.4, 0.5) is 18.9 Å². The highest BCUT2D eigenvalue weighted by Gasteiger charge is 2.33. The first-order valence-corrected chi connectivity index (χ1v) is 9.05. The van der Waals surface area contributed by atoms with E-state index in [1.165, 1.54) is 37.4 Å². The fraction of sp³-hybridized carbons (Fsp3) is 0.263. The molecule has 0 fully saturated rings. The first kappa shape index (κ1) is 23.0. The number of nitrogens with zero attached hydrogens (tertiary/aromatic N) is 1. The highest BCUT2D eigenvalue weighted by Crippen LogP contribution is 2.26. The summed E-state index contributed by atoms with van der Waals surface area (Å²) in [5.74, 6) is -1.35. The molecule has 0 bridgehead atoms. The number of ether oxygens (including phenoxy) is 1. The molecule has 2 aromatic rings. The molecule has 0 aliphatic rings. The molecule has 0 spiro atoms. The van der Waals surface area contributed by atoms with Crippen LogP contribution < -0.4 is 5.32 Å². The molecule has 2 rings (SSSR count). The Labute approximate surface area is 175 Å². The quantitative estimate of drug-likeness (QED) is 0.666. The van der Waals surface area contributed by atoms with Crippen LogP contribution in [0.2, 0.25) is 10.0 Å². The van der Waals surface area contributed by atoms with Gasteiger partial charge in [-0.2, -0.15) is 13.2 Å². The molecule has 0 saturated carbocycles. The number of carbonyl (C=O) groups is 2. The number of amides is 2. The van der Waals surface area contributed by atoms with E-state index in [-0.39, 0.29) is 10.6 Å². The van der Waals surface area contributed by atoms with E-state index in [1.54, 1.807) is 18.2 Å². The van der Waals surface area contributed by atoms with Gasteiger partial charge in [-0.3, -0.25) is 9.59 Å². The molecule has 29 heavy (non-hydrogen) atoms. The number of anilines is 1. The van der Waals surface area contributed by atoms with Crippen LogP contribution in [0.3, 0.4) is 0 Å². The molecule has 2 aromatic carbocycles. The van der Waals surface area contributed by atoms with Crippen molar-refractivity contribution in [1.82, 2.24) is 4.90 Å². The summed E-state index contributed by atoms with van der Waals surface area (Å²) in [6, 6.07) is 12.2. The summed E-state index contributed by atoms with van der Waals surface area (Å²) >= 11 is 11.7. The summed E-state index contributed by atoms with van der Waals surface area (Å²) in [6.07, 6.45) is -6.10. The molecule has 10 heteroatoms. The van der Waals surface area contributed by atoms with Crippen LogP contribution in [0.25, 0.3) is 0 Å². The summed E-state index contributed by atoms with van der Waals surface area (Å²) in [5.41, 5.74) is 0.608. The molecule has 0 aromatic heterocycles. The number of carbonyl (C=O) groups excluding carboxylic acids is 2. The Morgan fingerprint density at radius 3 is 2.34 bits per heavy atom. The van der Waals surface area contributed by atoms with Crippen molar-refractivity contribution < 1.29 is 27.5 Å². The number of likely N-dealkylation sites (N-methyl/N-ethyl adjacent to an activating group) is 1. The normalized spacial score (nSPS) is 12.3. The molecule has 0 unspecified atom stereocenters. The Hall–Kier alpha value is -2.29. The zero-order chi connectivity index (χ0) is 21.6. The third kappa shape index (κ3) is 7.23. The van der Waals surface area contributed by atoms with E-state index in [0.29, 0.717) is 10.7 Å². The van der Waals surface area contributed by atoms with Gasteiger partial charge in [0.15, 0.2) is 6.10 Å². The lowest BCUT2D eigenvalue weighted by Crippen LogP contribution is -2.39. The molecule has 2 amide bonds. The molecule has 0 saturated heterocycles. The second-order valence-electron chi connectivity index (χ2n) is 6.09. The third-order valence-corrected chi connectivity index (χ3v) is 4.44. The predicted octanol–water partition coefficient (Wildman–Crippen LogP) is 4.71. The molecule has 0 heterocycles. The van der Waals surface area contributed by atoms with E-state index < -0.39 is 37.2 Å². The van der Waals surface area contributed by atoms with Crippen LogP contribution in [0, 0.1) is 0 Å². The van der Waals surface area contributed by atoms with Crippen LogP contribution in [0.5, 0.6) is 0 Å². The molecular formula is C19H17Cl2F3N2O3. The first-order valence-electron chi connectivity index (χ1n) is 8.30. The second kappa shape index (κ2) is 9.96. The summed E-state index contributed by atoms with van der Waals surface area (Å²) in [6.45, 7) is -2.00. The van der Waals surface area contributed by atoms with Gasteiger partial charge in [-0.25, -0.2) is 0 Å². The minimum Gasteiger partial charge on any atom is -0.354 e. The van der Waals surface area contributed by atoms with Gasteiger partial charge in [0.05, 0.1) is 16.6 Å². The molecule has 0 aliphatic carbocycles. The molecular weight excluding hydrogens is 432 g/mol. The van der Waals surface area contributed by atoms with Crippen molar-refractivity contribution in [2.24, 2.45) is 0 Å².